The molecule has 0 bridgehead atoms. The Hall–Kier alpha value is -2.74. The third-order valence-electron chi connectivity index (χ3n) is 3.06. The molecule has 2 heteroatoms. The lowest BCUT2D eigenvalue weighted by Crippen LogP contribution is -1.91. The molecule has 2 N–H and O–H groups in total. The fraction of sp³-hybridized carbons (Fsp3) is 0. The van der Waals surface area contributed by atoms with Crippen LogP contribution >= 0.6 is 0 Å². The van der Waals surface area contributed by atoms with E-state index >= 15 is 0 Å². The van der Waals surface area contributed by atoms with Gasteiger partial charge in [0.1, 0.15) is 11.5 Å². The van der Waals surface area contributed by atoms with E-state index in [4.69, 9.17) is 10.5 Å². The molecule has 0 atom stereocenters. The van der Waals surface area contributed by atoms with Crippen LogP contribution in [0.15, 0.2) is 78.9 Å². The zero-order valence-corrected chi connectivity index (χ0v) is 11.0. The summed E-state index contributed by atoms with van der Waals surface area (Å²) in [5.41, 5.74) is 8.71. The van der Waals surface area contributed by atoms with Crippen LogP contribution in [-0.4, -0.2) is 0 Å². The average molecular weight is 261 g/mol. The molecule has 20 heavy (non-hydrogen) atoms. The third-order valence-corrected chi connectivity index (χ3v) is 3.06. The van der Waals surface area contributed by atoms with Gasteiger partial charge in [0.15, 0.2) is 0 Å². The van der Waals surface area contributed by atoms with Crippen molar-refractivity contribution in [3.8, 4) is 22.6 Å². The maximum atomic E-state index is 5.96. The van der Waals surface area contributed by atoms with Crippen LogP contribution in [0.1, 0.15) is 0 Å². The standard InChI is InChI=1S/C18H15NO/c19-15-11-12-18(20-16-9-5-2-6-10-16)17(13-15)14-7-3-1-4-8-14/h1-13H,19H2. The number of hydrogen-bond acceptors (Lipinski definition) is 2. The molecule has 98 valence electrons. The van der Waals surface area contributed by atoms with Crippen molar-refractivity contribution in [1.29, 1.82) is 0 Å². The summed E-state index contributed by atoms with van der Waals surface area (Å²) >= 11 is 0. The van der Waals surface area contributed by atoms with Crippen LogP contribution in [0, 0.1) is 0 Å². The van der Waals surface area contributed by atoms with E-state index in [0.717, 1.165) is 28.3 Å². The van der Waals surface area contributed by atoms with Gasteiger partial charge in [0.2, 0.25) is 0 Å². The Kier molecular flexibility index (Phi) is 3.38. The largest absolute Gasteiger partial charge is 0.457 e. The van der Waals surface area contributed by atoms with Crippen molar-refractivity contribution in [2.75, 3.05) is 5.73 Å². The Balaban J connectivity index is 2.03. The molecule has 0 aliphatic carbocycles. The van der Waals surface area contributed by atoms with Gasteiger partial charge in [0.05, 0.1) is 0 Å². The van der Waals surface area contributed by atoms with Crippen molar-refractivity contribution in [2.45, 2.75) is 0 Å². The van der Waals surface area contributed by atoms with E-state index in [0.29, 0.717) is 0 Å². The van der Waals surface area contributed by atoms with Gasteiger partial charge in [0.25, 0.3) is 0 Å². The van der Waals surface area contributed by atoms with E-state index in [1.807, 2.05) is 78.9 Å². The van der Waals surface area contributed by atoms with Gasteiger partial charge in [-0.15, -0.1) is 0 Å². The van der Waals surface area contributed by atoms with Crippen LogP contribution in [0.25, 0.3) is 11.1 Å². The molecule has 0 fully saturated rings. The van der Waals surface area contributed by atoms with Crippen molar-refractivity contribution < 1.29 is 4.74 Å². The Labute approximate surface area is 118 Å². The number of benzene rings is 3. The van der Waals surface area contributed by atoms with E-state index in [2.05, 4.69) is 0 Å². The molecule has 0 radical (unpaired) electrons. The quantitative estimate of drug-likeness (QED) is 0.692. The van der Waals surface area contributed by atoms with Gasteiger partial charge in [-0.3, -0.25) is 0 Å². The van der Waals surface area contributed by atoms with Crippen molar-refractivity contribution in [3.63, 3.8) is 0 Å². The SMILES string of the molecule is Nc1ccc(Oc2ccccc2)c(-c2ccccc2)c1. The minimum absolute atomic E-state index is 0.726. The lowest BCUT2D eigenvalue weighted by atomic mass is 10.0. The zero-order valence-electron chi connectivity index (χ0n) is 11.0. The molecule has 0 aromatic heterocycles. The Morgan fingerprint density at radius 1 is 0.700 bits per heavy atom. The van der Waals surface area contributed by atoms with Crippen LogP contribution in [-0.2, 0) is 0 Å². The summed E-state index contributed by atoms with van der Waals surface area (Å²) in [5, 5.41) is 0. The van der Waals surface area contributed by atoms with Gasteiger partial charge in [-0.05, 0) is 35.9 Å². The first-order chi connectivity index (χ1) is 9.83. The molecule has 3 aromatic rings. The van der Waals surface area contributed by atoms with E-state index < -0.39 is 0 Å². The fourth-order valence-corrected chi connectivity index (χ4v) is 2.10. The number of anilines is 1. The first-order valence-corrected chi connectivity index (χ1v) is 6.51. The number of ether oxygens (including phenoxy) is 1. The molecule has 0 aliphatic heterocycles. The second-order valence-corrected chi connectivity index (χ2v) is 4.54. The smallest absolute Gasteiger partial charge is 0.135 e. The van der Waals surface area contributed by atoms with Gasteiger partial charge in [0, 0.05) is 11.3 Å². The van der Waals surface area contributed by atoms with E-state index in [1.54, 1.807) is 0 Å². The zero-order chi connectivity index (χ0) is 13.8. The predicted molar refractivity (Wildman–Crippen MR) is 82.8 cm³/mol. The van der Waals surface area contributed by atoms with Gasteiger partial charge in [-0.1, -0.05) is 48.5 Å². The molecule has 0 amide bonds. The molecule has 3 rings (SSSR count). The summed E-state index contributed by atoms with van der Waals surface area (Å²) in [6.07, 6.45) is 0. The lowest BCUT2D eigenvalue weighted by molar-refractivity contribution is 0.484. The number of nitrogen functional groups attached to an aromatic ring is 1. The number of para-hydroxylation sites is 1. The highest BCUT2D eigenvalue weighted by molar-refractivity contribution is 5.74. The van der Waals surface area contributed by atoms with Crippen LogP contribution in [0.2, 0.25) is 0 Å². The summed E-state index contributed by atoms with van der Waals surface area (Å²) in [5.74, 6) is 1.62. The fourth-order valence-electron chi connectivity index (χ4n) is 2.10. The highest BCUT2D eigenvalue weighted by Crippen LogP contribution is 2.34. The number of hydrogen-bond donors (Lipinski definition) is 1. The van der Waals surface area contributed by atoms with Gasteiger partial charge in [-0.25, -0.2) is 0 Å². The first-order valence-electron chi connectivity index (χ1n) is 6.51. The molecule has 0 saturated heterocycles. The normalized spacial score (nSPS) is 10.2. The lowest BCUT2D eigenvalue weighted by Gasteiger charge is -2.12. The van der Waals surface area contributed by atoms with Crippen LogP contribution < -0.4 is 10.5 Å². The summed E-state index contributed by atoms with van der Waals surface area (Å²) in [4.78, 5) is 0. The highest BCUT2D eigenvalue weighted by atomic mass is 16.5. The van der Waals surface area contributed by atoms with Gasteiger partial charge in [-0.2, -0.15) is 0 Å². The Morgan fingerprint density at radius 3 is 2.05 bits per heavy atom. The van der Waals surface area contributed by atoms with Gasteiger partial charge < -0.3 is 10.5 Å². The second-order valence-electron chi connectivity index (χ2n) is 4.54. The van der Waals surface area contributed by atoms with E-state index in [9.17, 15) is 0 Å². The molecule has 3 aromatic carbocycles. The van der Waals surface area contributed by atoms with E-state index in [-0.39, 0.29) is 0 Å². The second kappa shape index (κ2) is 5.49. The Morgan fingerprint density at radius 2 is 1.35 bits per heavy atom. The van der Waals surface area contributed by atoms with Gasteiger partial charge >= 0.3 is 0 Å². The van der Waals surface area contributed by atoms with Crippen LogP contribution in [0.5, 0.6) is 11.5 Å². The summed E-state index contributed by atoms with van der Waals surface area (Å²) < 4.78 is 5.96. The highest BCUT2D eigenvalue weighted by Gasteiger charge is 2.07. The monoisotopic (exact) mass is 261 g/mol. The van der Waals surface area contributed by atoms with E-state index in [1.165, 1.54) is 0 Å². The minimum atomic E-state index is 0.726. The molecule has 0 saturated carbocycles. The summed E-state index contributed by atoms with van der Waals surface area (Å²) in [6.45, 7) is 0. The number of nitrogens with two attached hydrogens (primary N) is 1. The molecule has 0 aliphatic rings. The summed E-state index contributed by atoms with van der Waals surface area (Å²) in [7, 11) is 0. The summed E-state index contributed by atoms with van der Waals surface area (Å²) in [6, 6.07) is 25.5. The molecular weight excluding hydrogens is 246 g/mol. The maximum absolute atomic E-state index is 5.96. The molecular formula is C18H15NO. The maximum Gasteiger partial charge on any atom is 0.135 e. The van der Waals surface area contributed by atoms with Crippen molar-refractivity contribution >= 4 is 5.69 Å². The average Bonchev–Trinajstić information content (AvgIpc) is 2.51. The molecule has 2 nitrogen and oxygen atoms in total. The van der Waals surface area contributed by atoms with Crippen molar-refractivity contribution in [3.05, 3.63) is 78.9 Å². The molecule has 0 spiro atoms. The topological polar surface area (TPSA) is 35.2 Å². The van der Waals surface area contributed by atoms with Crippen LogP contribution in [0.4, 0.5) is 5.69 Å². The number of rotatable bonds is 3. The Bertz CT molecular complexity index is 693. The molecule has 0 heterocycles. The predicted octanol–water partition coefficient (Wildman–Crippen LogP) is 4.73. The third kappa shape index (κ3) is 2.64. The first kappa shape index (κ1) is 12.3. The minimum Gasteiger partial charge on any atom is -0.457 e. The molecule has 0 unspecified atom stereocenters. The van der Waals surface area contributed by atoms with Crippen LogP contribution in [0.3, 0.4) is 0 Å². The van der Waals surface area contributed by atoms with Crippen molar-refractivity contribution in [2.24, 2.45) is 0 Å². The van der Waals surface area contributed by atoms with Crippen molar-refractivity contribution in [1.82, 2.24) is 0 Å².